The predicted octanol–water partition coefficient (Wildman–Crippen LogP) is 0.314. The predicted molar refractivity (Wildman–Crippen MR) is 65.0 cm³/mol. The average molecular weight is 235 g/mol. The highest BCUT2D eigenvalue weighted by molar-refractivity contribution is 5.78. The first kappa shape index (κ1) is 11.9. The molecule has 1 aromatic carbocycles. The van der Waals surface area contributed by atoms with Gasteiger partial charge in [0, 0.05) is 31.9 Å². The molecule has 1 heterocycles. The molecular weight excluding hydrogens is 218 g/mol. The molecule has 1 aliphatic heterocycles. The summed E-state index contributed by atoms with van der Waals surface area (Å²) in [4.78, 5) is 15.6. The number of rotatable bonds is 3. The van der Waals surface area contributed by atoms with Crippen LogP contribution in [-0.4, -0.2) is 48.7 Å². The molecule has 1 fully saturated rings. The molecule has 0 saturated carbocycles. The maximum atomic E-state index is 11.5. The number of carbonyl (C=O) groups excluding carboxylic acids is 1. The van der Waals surface area contributed by atoms with Gasteiger partial charge < -0.3 is 15.0 Å². The van der Waals surface area contributed by atoms with E-state index in [9.17, 15) is 4.79 Å². The Labute approximate surface area is 101 Å². The van der Waals surface area contributed by atoms with Crippen molar-refractivity contribution in [2.75, 3.05) is 37.6 Å². The molecule has 0 spiro atoms. The minimum absolute atomic E-state index is 0.00859. The van der Waals surface area contributed by atoms with Crippen LogP contribution >= 0.6 is 0 Å². The van der Waals surface area contributed by atoms with Crippen LogP contribution < -0.4 is 10.4 Å². The van der Waals surface area contributed by atoms with Crippen molar-refractivity contribution in [3.05, 3.63) is 30.3 Å². The number of piperazine rings is 1. The largest absolute Gasteiger partial charge is 0.368 e. The fourth-order valence-electron chi connectivity index (χ4n) is 2.03. The Balaban J connectivity index is 1.88. The molecular formula is C12H17N3O2. The van der Waals surface area contributed by atoms with Crippen molar-refractivity contribution in [2.45, 2.75) is 0 Å². The van der Waals surface area contributed by atoms with Crippen LogP contribution in [0.25, 0.3) is 0 Å². The van der Waals surface area contributed by atoms with Crippen molar-refractivity contribution < 1.29 is 10.0 Å². The van der Waals surface area contributed by atoms with Gasteiger partial charge in [-0.15, -0.1) is 0 Å². The maximum Gasteiger partial charge on any atom is 0.239 e. The van der Waals surface area contributed by atoms with Gasteiger partial charge >= 0.3 is 0 Å². The van der Waals surface area contributed by atoms with E-state index in [-0.39, 0.29) is 12.5 Å². The van der Waals surface area contributed by atoms with E-state index in [0.717, 1.165) is 13.1 Å². The molecule has 0 radical (unpaired) electrons. The van der Waals surface area contributed by atoms with Crippen molar-refractivity contribution in [2.24, 2.45) is 0 Å². The lowest BCUT2D eigenvalue weighted by Crippen LogP contribution is -2.50. The molecule has 5 heteroatoms. The summed E-state index contributed by atoms with van der Waals surface area (Å²) in [5, 5.41) is 8.49. The first-order valence-electron chi connectivity index (χ1n) is 5.76. The third-order valence-electron chi connectivity index (χ3n) is 2.98. The summed E-state index contributed by atoms with van der Waals surface area (Å²) in [6.07, 6.45) is 0. The molecule has 1 aliphatic rings. The molecule has 2 rings (SSSR count). The Kier molecular flexibility index (Phi) is 3.95. The summed E-state index contributed by atoms with van der Waals surface area (Å²) in [6, 6.07) is 10.2. The van der Waals surface area contributed by atoms with E-state index in [1.54, 1.807) is 4.90 Å². The molecule has 17 heavy (non-hydrogen) atoms. The Bertz CT molecular complexity index is 361. The third kappa shape index (κ3) is 2.95. The van der Waals surface area contributed by atoms with Crippen LogP contribution in [0.4, 0.5) is 5.69 Å². The highest BCUT2D eigenvalue weighted by Crippen LogP contribution is 2.15. The second-order valence-corrected chi connectivity index (χ2v) is 4.04. The number of carbonyl (C=O) groups is 1. The number of hydrogen-bond donors (Lipinski definition) is 2. The molecule has 2 N–H and O–H groups in total. The number of nitrogens with zero attached hydrogens (tertiary/aromatic N) is 2. The van der Waals surface area contributed by atoms with Gasteiger partial charge in [0.1, 0.15) is 0 Å². The standard InChI is InChI=1S/C12H17N3O2/c16-12(10-13-17)15-8-6-14(7-9-15)11-4-2-1-3-5-11/h1-5,13,17H,6-10H2. The Morgan fingerprint density at radius 1 is 1.18 bits per heavy atom. The molecule has 1 amide bonds. The number of nitrogens with one attached hydrogen (secondary N) is 1. The number of amides is 1. The SMILES string of the molecule is O=C(CNO)N1CCN(c2ccccc2)CC1. The van der Waals surface area contributed by atoms with Crippen LogP contribution in [0.15, 0.2) is 30.3 Å². The molecule has 92 valence electrons. The second-order valence-electron chi connectivity index (χ2n) is 4.04. The summed E-state index contributed by atoms with van der Waals surface area (Å²) in [5.41, 5.74) is 3.10. The monoisotopic (exact) mass is 235 g/mol. The zero-order valence-electron chi connectivity index (χ0n) is 9.67. The highest BCUT2D eigenvalue weighted by Gasteiger charge is 2.20. The van der Waals surface area contributed by atoms with Gasteiger partial charge in [-0.05, 0) is 12.1 Å². The van der Waals surface area contributed by atoms with E-state index >= 15 is 0 Å². The molecule has 0 aromatic heterocycles. The van der Waals surface area contributed by atoms with Gasteiger partial charge in [0.2, 0.25) is 5.91 Å². The van der Waals surface area contributed by atoms with E-state index in [1.165, 1.54) is 5.69 Å². The lowest BCUT2D eigenvalue weighted by atomic mass is 10.2. The Hall–Kier alpha value is -1.59. The third-order valence-corrected chi connectivity index (χ3v) is 2.98. The van der Waals surface area contributed by atoms with Gasteiger partial charge in [0.15, 0.2) is 0 Å². The zero-order valence-corrected chi connectivity index (χ0v) is 9.67. The van der Waals surface area contributed by atoms with Crippen molar-refractivity contribution >= 4 is 11.6 Å². The summed E-state index contributed by atoms with van der Waals surface area (Å²) < 4.78 is 0. The van der Waals surface area contributed by atoms with Crippen molar-refractivity contribution in [3.8, 4) is 0 Å². The van der Waals surface area contributed by atoms with Gasteiger partial charge in [-0.3, -0.25) is 4.79 Å². The molecule has 0 unspecified atom stereocenters. The Morgan fingerprint density at radius 2 is 1.82 bits per heavy atom. The first-order valence-corrected chi connectivity index (χ1v) is 5.76. The summed E-state index contributed by atoms with van der Waals surface area (Å²) in [5.74, 6) is -0.0554. The zero-order chi connectivity index (χ0) is 12.1. The average Bonchev–Trinajstić information content (AvgIpc) is 2.40. The van der Waals surface area contributed by atoms with E-state index < -0.39 is 0 Å². The molecule has 1 saturated heterocycles. The van der Waals surface area contributed by atoms with Crippen molar-refractivity contribution in [1.82, 2.24) is 10.4 Å². The summed E-state index contributed by atoms with van der Waals surface area (Å²) >= 11 is 0. The van der Waals surface area contributed by atoms with Gasteiger partial charge in [-0.25, -0.2) is 0 Å². The topological polar surface area (TPSA) is 55.8 Å². The lowest BCUT2D eigenvalue weighted by Gasteiger charge is -2.36. The highest BCUT2D eigenvalue weighted by atomic mass is 16.5. The van der Waals surface area contributed by atoms with Gasteiger partial charge in [-0.2, -0.15) is 5.48 Å². The quantitative estimate of drug-likeness (QED) is 0.741. The fraction of sp³-hybridized carbons (Fsp3) is 0.417. The molecule has 0 aliphatic carbocycles. The van der Waals surface area contributed by atoms with Gasteiger partial charge in [0.05, 0.1) is 6.54 Å². The molecule has 0 atom stereocenters. The maximum absolute atomic E-state index is 11.5. The molecule has 1 aromatic rings. The Morgan fingerprint density at radius 3 is 2.41 bits per heavy atom. The van der Waals surface area contributed by atoms with Crippen LogP contribution in [0.5, 0.6) is 0 Å². The molecule has 0 bridgehead atoms. The van der Waals surface area contributed by atoms with Crippen LogP contribution in [0.2, 0.25) is 0 Å². The van der Waals surface area contributed by atoms with Crippen LogP contribution in [-0.2, 0) is 4.79 Å². The van der Waals surface area contributed by atoms with E-state index in [2.05, 4.69) is 17.0 Å². The normalized spacial score (nSPS) is 16.1. The minimum Gasteiger partial charge on any atom is -0.368 e. The smallest absolute Gasteiger partial charge is 0.239 e. The molecule has 5 nitrogen and oxygen atoms in total. The number of hydrogen-bond acceptors (Lipinski definition) is 4. The fourth-order valence-corrected chi connectivity index (χ4v) is 2.03. The number of hydroxylamine groups is 1. The van der Waals surface area contributed by atoms with E-state index in [4.69, 9.17) is 5.21 Å². The van der Waals surface area contributed by atoms with Crippen LogP contribution in [0.1, 0.15) is 0 Å². The second kappa shape index (κ2) is 5.65. The number of benzene rings is 1. The summed E-state index contributed by atoms with van der Waals surface area (Å²) in [7, 11) is 0. The first-order chi connectivity index (χ1) is 8.31. The summed E-state index contributed by atoms with van der Waals surface area (Å²) in [6.45, 7) is 3.07. The van der Waals surface area contributed by atoms with Crippen molar-refractivity contribution in [1.29, 1.82) is 0 Å². The van der Waals surface area contributed by atoms with Gasteiger partial charge in [-0.1, -0.05) is 18.2 Å². The van der Waals surface area contributed by atoms with E-state index in [1.807, 2.05) is 23.7 Å². The number of para-hydroxylation sites is 1. The number of anilines is 1. The lowest BCUT2D eigenvalue weighted by molar-refractivity contribution is -0.132. The van der Waals surface area contributed by atoms with Gasteiger partial charge in [0.25, 0.3) is 0 Å². The van der Waals surface area contributed by atoms with Crippen LogP contribution in [0, 0.1) is 0 Å². The minimum atomic E-state index is -0.0554. The van der Waals surface area contributed by atoms with Crippen LogP contribution in [0.3, 0.4) is 0 Å². The van der Waals surface area contributed by atoms with E-state index in [0.29, 0.717) is 13.1 Å². The van der Waals surface area contributed by atoms with Crippen molar-refractivity contribution in [3.63, 3.8) is 0 Å².